The maximum atomic E-state index is 12.4. The summed E-state index contributed by atoms with van der Waals surface area (Å²) >= 11 is 0. The largest absolute Gasteiger partial charge is 0.391 e. The molecule has 58 valence electrons. The third-order valence-corrected chi connectivity index (χ3v) is 2.27. The van der Waals surface area contributed by atoms with E-state index in [1.165, 1.54) is 0 Å². The fourth-order valence-corrected chi connectivity index (χ4v) is 1.45. The molecule has 0 aromatic heterocycles. The number of allylic oxidation sites excluding steroid dienone is 1. The minimum Gasteiger partial charge on any atom is -0.391 e. The maximum Gasteiger partial charge on any atom is 0.308 e. The van der Waals surface area contributed by atoms with Crippen molar-refractivity contribution < 1.29 is 17.0 Å². The summed E-state index contributed by atoms with van der Waals surface area (Å²) in [7, 11) is -3.48. The lowest BCUT2D eigenvalue weighted by atomic mass is 10.3. The van der Waals surface area contributed by atoms with Gasteiger partial charge in [0.25, 0.3) is 0 Å². The van der Waals surface area contributed by atoms with Gasteiger partial charge in [-0.3, -0.25) is 0 Å². The zero-order valence-electron chi connectivity index (χ0n) is 5.16. The number of hydrogen-bond acceptors (Lipinski definition) is 3. The van der Waals surface area contributed by atoms with Crippen LogP contribution in [0, 0.1) is 0 Å². The first-order valence-electron chi connectivity index (χ1n) is 2.82. The van der Waals surface area contributed by atoms with Crippen molar-refractivity contribution in [3.8, 4) is 0 Å². The molecule has 0 spiro atoms. The van der Waals surface area contributed by atoms with E-state index < -0.39 is 16.3 Å². The first-order chi connectivity index (χ1) is 4.60. The van der Waals surface area contributed by atoms with Gasteiger partial charge in [-0.2, -0.15) is 8.42 Å². The molecule has 1 unspecified atom stereocenters. The van der Waals surface area contributed by atoms with Crippen molar-refractivity contribution in [2.24, 2.45) is 0 Å². The Morgan fingerprint density at radius 1 is 1.60 bits per heavy atom. The second-order valence-corrected chi connectivity index (χ2v) is 3.71. The highest BCUT2D eigenvalue weighted by Crippen LogP contribution is 2.09. The Morgan fingerprint density at radius 3 is 3.00 bits per heavy atom. The van der Waals surface area contributed by atoms with E-state index in [1.807, 2.05) is 0 Å². The molecule has 0 radical (unpaired) electrons. The second kappa shape index (κ2) is 2.57. The molecule has 1 aliphatic heterocycles. The maximum absolute atomic E-state index is 12.4. The second-order valence-electron chi connectivity index (χ2n) is 1.99. The lowest BCUT2D eigenvalue weighted by molar-refractivity contribution is 0.391. The van der Waals surface area contributed by atoms with Gasteiger partial charge in [-0.25, -0.2) is 4.39 Å². The highest BCUT2D eigenvalue weighted by molar-refractivity contribution is 7.86. The zero-order valence-corrected chi connectivity index (χ0v) is 5.97. The highest BCUT2D eigenvalue weighted by atomic mass is 32.2. The minimum absolute atomic E-state index is 0.0150. The molecule has 0 aromatic carbocycles. The quantitative estimate of drug-likeness (QED) is 0.494. The van der Waals surface area contributed by atoms with Gasteiger partial charge in [-0.1, -0.05) is 0 Å². The van der Waals surface area contributed by atoms with Crippen LogP contribution in [0.25, 0.3) is 0 Å². The molecule has 1 atom stereocenters. The predicted octanol–water partition coefficient (Wildman–Crippen LogP) is 0.588. The first-order valence-corrected chi connectivity index (χ1v) is 4.39. The highest BCUT2D eigenvalue weighted by Gasteiger charge is 2.16. The molecule has 10 heavy (non-hydrogen) atoms. The van der Waals surface area contributed by atoms with E-state index in [0.29, 0.717) is 0 Å². The van der Waals surface area contributed by atoms with Crippen molar-refractivity contribution in [2.75, 3.05) is 5.75 Å². The smallest absolute Gasteiger partial charge is 0.308 e. The van der Waals surface area contributed by atoms with Gasteiger partial charge in [0.2, 0.25) is 0 Å². The Hall–Kier alpha value is -0.580. The van der Waals surface area contributed by atoms with Crippen LogP contribution in [-0.2, 0) is 14.3 Å². The molecule has 3 nitrogen and oxygen atoms in total. The molecule has 0 aromatic rings. The molecule has 5 heteroatoms. The van der Waals surface area contributed by atoms with E-state index in [0.717, 1.165) is 12.3 Å². The standard InChI is InChI=1S/C5H7FO3S/c6-5-1-3-9-10(7,8)4-2-5/h1,3,5H,2,4H2. The molecule has 0 amide bonds. The predicted molar refractivity (Wildman–Crippen MR) is 33.5 cm³/mol. The molecule has 0 bridgehead atoms. The van der Waals surface area contributed by atoms with Crippen LogP contribution in [0.5, 0.6) is 0 Å². The van der Waals surface area contributed by atoms with Crippen molar-refractivity contribution in [1.29, 1.82) is 0 Å². The van der Waals surface area contributed by atoms with Gasteiger partial charge in [0.05, 0.1) is 5.75 Å². The van der Waals surface area contributed by atoms with E-state index in [9.17, 15) is 12.8 Å². The average molecular weight is 166 g/mol. The topological polar surface area (TPSA) is 43.4 Å². The van der Waals surface area contributed by atoms with Crippen molar-refractivity contribution >= 4 is 10.1 Å². The SMILES string of the molecule is O=S1(=O)CCC(F)C=CO1. The van der Waals surface area contributed by atoms with Crippen LogP contribution >= 0.6 is 0 Å². The molecular weight excluding hydrogens is 159 g/mol. The third-order valence-electron chi connectivity index (χ3n) is 1.13. The Bertz CT molecular complexity index is 231. The summed E-state index contributed by atoms with van der Waals surface area (Å²) in [5.41, 5.74) is 0. The Balaban J connectivity index is 2.71. The monoisotopic (exact) mass is 166 g/mol. The van der Waals surface area contributed by atoms with Gasteiger partial charge in [-0.15, -0.1) is 0 Å². The number of rotatable bonds is 0. The minimum atomic E-state index is -3.48. The van der Waals surface area contributed by atoms with Crippen LogP contribution in [-0.4, -0.2) is 20.3 Å². The molecule has 1 rings (SSSR count). The number of hydrogen-bond donors (Lipinski definition) is 0. The van der Waals surface area contributed by atoms with Gasteiger partial charge in [0.15, 0.2) is 0 Å². The molecule has 0 saturated carbocycles. The van der Waals surface area contributed by atoms with Gasteiger partial charge in [0, 0.05) is 0 Å². The Labute approximate surface area is 58.6 Å². The summed E-state index contributed by atoms with van der Waals surface area (Å²) in [5.74, 6) is -0.249. The molecule has 1 heterocycles. The third kappa shape index (κ3) is 1.98. The van der Waals surface area contributed by atoms with Gasteiger partial charge in [0.1, 0.15) is 12.4 Å². The van der Waals surface area contributed by atoms with Crippen LogP contribution in [0.2, 0.25) is 0 Å². The van der Waals surface area contributed by atoms with Gasteiger partial charge >= 0.3 is 10.1 Å². The molecule has 0 aliphatic carbocycles. The summed E-state index contributed by atoms with van der Waals surface area (Å²) in [6.45, 7) is 0. The van der Waals surface area contributed by atoms with E-state index >= 15 is 0 Å². The van der Waals surface area contributed by atoms with E-state index in [2.05, 4.69) is 4.18 Å². The van der Waals surface area contributed by atoms with Crippen LogP contribution in [0.1, 0.15) is 6.42 Å². The molecule has 0 N–H and O–H groups in total. The Kier molecular flexibility index (Phi) is 1.94. The molecule has 0 saturated heterocycles. The van der Waals surface area contributed by atoms with Crippen molar-refractivity contribution in [2.45, 2.75) is 12.6 Å². The van der Waals surface area contributed by atoms with E-state index in [4.69, 9.17) is 0 Å². The van der Waals surface area contributed by atoms with Crippen LogP contribution < -0.4 is 0 Å². The lowest BCUT2D eigenvalue weighted by Crippen LogP contribution is -2.07. The summed E-state index contributed by atoms with van der Waals surface area (Å²) in [6.07, 6.45) is 0.758. The lowest BCUT2D eigenvalue weighted by Gasteiger charge is -1.96. The van der Waals surface area contributed by atoms with Crippen molar-refractivity contribution in [3.05, 3.63) is 12.3 Å². The molecule has 0 fully saturated rings. The van der Waals surface area contributed by atoms with E-state index in [-0.39, 0.29) is 12.2 Å². The van der Waals surface area contributed by atoms with Crippen molar-refractivity contribution in [1.82, 2.24) is 0 Å². The fraction of sp³-hybridized carbons (Fsp3) is 0.600. The summed E-state index contributed by atoms with van der Waals surface area (Å²) in [4.78, 5) is 0. The van der Waals surface area contributed by atoms with Crippen molar-refractivity contribution in [3.63, 3.8) is 0 Å². The van der Waals surface area contributed by atoms with Crippen LogP contribution in [0.4, 0.5) is 4.39 Å². The fourth-order valence-electron chi connectivity index (χ4n) is 0.603. The van der Waals surface area contributed by atoms with Gasteiger partial charge < -0.3 is 4.18 Å². The average Bonchev–Trinajstić information content (AvgIpc) is 1.94. The first kappa shape index (κ1) is 7.53. The van der Waals surface area contributed by atoms with Crippen LogP contribution in [0.3, 0.4) is 0 Å². The number of alkyl halides is 1. The van der Waals surface area contributed by atoms with E-state index in [1.54, 1.807) is 0 Å². The molecular formula is C5H7FO3S. The normalized spacial score (nSPS) is 30.7. The zero-order chi connectivity index (χ0) is 7.61. The molecule has 1 aliphatic rings. The van der Waals surface area contributed by atoms with Gasteiger partial charge in [-0.05, 0) is 12.5 Å². The van der Waals surface area contributed by atoms with Crippen LogP contribution in [0.15, 0.2) is 12.3 Å². The summed E-state index contributed by atoms with van der Waals surface area (Å²) in [5, 5.41) is 0. The Morgan fingerprint density at radius 2 is 2.30 bits per heavy atom. The summed E-state index contributed by atoms with van der Waals surface area (Å²) in [6, 6.07) is 0. The summed E-state index contributed by atoms with van der Waals surface area (Å²) < 4.78 is 37.7. The number of halogens is 1.